The molecule has 17 heavy (non-hydrogen) atoms. The molecule has 0 spiro atoms. The van der Waals surface area contributed by atoms with Crippen molar-refractivity contribution in [3.8, 4) is 0 Å². The molecule has 0 amide bonds. The maximum atomic E-state index is 11.4. The quantitative estimate of drug-likeness (QED) is 0.269. The molecule has 1 aliphatic rings. The number of hydrogen-bond acceptors (Lipinski definition) is 3. The van der Waals surface area contributed by atoms with Crippen LogP contribution in [-0.2, 0) is 14.3 Å². The summed E-state index contributed by atoms with van der Waals surface area (Å²) in [7, 11) is 0. The summed E-state index contributed by atoms with van der Waals surface area (Å²) in [6, 6.07) is 0. The molecule has 1 heterocycles. The van der Waals surface area contributed by atoms with Crippen LogP contribution in [0.25, 0.3) is 0 Å². The number of hydrogen-bond donors (Lipinski definition) is 0. The number of unbranched alkanes of at least 4 members (excludes halogenated alkanes) is 5. The van der Waals surface area contributed by atoms with Crippen LogP contribution in [0.15, 0.2) is 12.2 Å². The summed E-state index contributed by atoms with van der Waals surface area (Å²) < 4.78 is 10.2. The molecule has 0 bridgehead atoms. The van der Waals surface area contributed by atoms with E-state index in [1.54, 1.807) is 6.08 Å². The number of rotatable bonds is 9. The van der Waals surface area contributed by atoms with Gasteiger partial charge < -0.3 is 9.47 Å². The molecule has 3 nitrogen and oxygen atoms in total. The molecule has 98 valence electrons. The highest BCUT2D eigenvalue weighted by atomic mass is 16.6. The molecule has 0 N–H and O–H groups in total. The smallest absolute Gasteiger partial charge is 0.330 e. The first-order valence-electron chi connectivity index (χ1n) is 6.72. The van der Waals surface area contributed by atoms with Gasteiger partial charge in [-0.25, -0.2) is 4.79 Å². The molecule has 1 saturated heterocycles. The van der Waals surface area contributed by atoms with Crippen LogP contribution < -0.4 is 0 Å². The summed E-state index contributed by atoms with van der Waals surface area (Å²) >= 11 is 0. The molecule has 2 atom stereocenters. The standard InChI is InChI=1S/C14H24O3/c1-3-4-5-6-7-8-9-10-14(15)17-12(2)13-11-16-13/h9-10,12-13H,3-8,11H2,1-2H3/b10-9+. The Hall–Kier alpha value is -0.830. The number of carbonyl (C=O) groups is 1. The van der Waals surface area contributed by atoms with Gasteiger partial charge in [-0.15, -0.1) is 0 Å². The Kier molecular flexibility index (Phi) is 6.94. The fourth-order valence-electron chi connectivity index (χ4n) is 1.67. The molecular weight excluding hydrogens is 216 g/mol. The lowest BCUT2D eigenvalue weighted by molar-refractivity contribution is -0.143. The van der Waals surface area contributed by atoms with E-state index in [-0.39, 0.29) is 18.2 Å². The average Bonchev–Trinajstić information content (AvgIpc) is 3.11. The fraction of sp³-hybridized carbons (Fsp3) is 0.786. The van der Waals surface area contributed by atoms with Gasteiger partial charge >= 0.3 is 5.97 Å². The lowest BCUT2D eigenvalue weighted by Gasteiger charge is -2.07. The Morgan fingerprint density at radius 1 is 1.41 bits per heavy atom. The number of allylic oxidation sites excluding steroid dienone is 1. The van der Waals surface area contributed by atoms with E-state index in [0.717, 1.165) is 19.4 Å². The summed E-state index contributed by atoms with van der Waals surface area (Å²) in [5.74, 6) is -0.249. The zero-order valence-electron chi connectivity index (χ0n) is 11.0. The Morgan fingerprint density at radius 2 is 2.12 bits per heavy atom. The van der Waals surface area contributed by atoms with E-state index < -0.39 is 0 Å². The van der Waals surface area contributed by atoms with Gasteiger partial charge in [0.05, 0.1) is 6.61 Å². The van der Waals surface area contributed by atoms with Gasteiger partial charge in [0.1, 0.15) is 12.2 Å². The zero-order chi connectivity index (χ0) is 12.5. The van der Waals surface area contributed by atoms with E-state index in [4.69, 9.17) is 9.47 Å². The van der Waals surface area contributed by atoms with Crippen LogP contribution in [0.4, 0.5) is 0 Å². The molecular formula is C14H24O3. The van der Waals surface area contributed by atoms with Crippen molar-refractivity contribution in [3.63, 3.8) is 0 Å². The maximum absolute atomic E-state index is 11.4. The lowest BCUT2D eigenvalue weighted by atomic mass is 10.1. The average molecular weight is 240 g/mol. The number of esters is 1. The number of carbonyl (C=O) groups excluding carboxylic acids is 1. The van der Waals surface area contributed by atoms with Gasteiger partial charge in [0.25, 0.3) is 0 Å². The second kappa shape index (κ2) is 8.29. The van der Waals surface area contributed by atoms with Crippen molar-refractivity contribution in [2.75, 3.05) is 6.61 Å². The third-order valence-electron chi connectivity index (χ3n) is 2.91. The van der Waals surface area contributed by atoms with Crippen LogP contribution in [0, 0.1) is 0 Å². The summed E-state index contributed by atoms with van der Waals surface area (Å²) in [6.45, 7) is 4.80. The van der Waals surface area contributed by atoms with Crippen molar-refractivity contribution in [1.82, 2.24) is 0 Å². The minimum absolute atomic E-state index is 0.114. The van der Waals surface area contributed by atoms with Gasteiger partial charge in [-0.05, 0) is 19.8 Å². The van der Waals surface area contributed by atoms with Crippen LogP contribution in [0.5, 0.6) is 0 Å². The topological polar surface area (TPSA) is 38.8 Å². The van der Waals surface area contributed by atoms with Gasteiger partial charge in [0, 0.05) is 6.08 Å². The molecule has 3 heteroatoms. The van der Waals surface area contributed by atoms with E-state index in [2.05, 4.69) is 6.92 Å². The third-order valence-corrected chi connectivity index (χ3v) is 2.91. The van der Waals surface area contributed by atoms with Crippen LogP contribution >= 0.6 is 0 Å². The molecule has 0 radical (unpaired) electrons. The third kappa shape index (κ3) is 7.16. The van der Waals surface area contributed by atoms with Crippen molar-refractivity contribution in [1.29, 1.82) is 0 Å². The Bertz CT molecular complexity index is 244. The van der Waals surface area contributed by atoms with E-state index in [1.807, 2.05) is 13.0 Å². The van der Waals surface area contributed by atoms with Crippen molar-refractivity contribution in [2.24, 2.45) is 0 Å². The van der Waals surface area contributed by atoms with Gasteiger partial charge in [-0.2, -0.15) is 0 Å². The lowest BCUT2D eigenvalue weighted by Crippen LogP contribution is -2.18. The van der Waals surface area contributed by atoms with E-state index in [9.17, 15) is 4.79 Å². The SMILES string of the molecule is CCCCCCC/C=C/C(=O)OC(C)C1CO1. The molecule has 1 aliphatic heterocycles. The minimum Gasteiger partial charge on any atom is -0.457 e. The highest BCUT2D eigenvalue weighted by Crippen LogP contribution is 2.16. The predicted octanol–water partition coefficient (Wildman–Crippen LogP) is 3.23. The normalized spacial score (nSPS) is 20.5. The summed E-state index contributed by atoms with van der Waals surface area (Å²) in [5.41, 5.74) is 0. The maximum Gasteiger partial charge on any atom is 0.330 e. The Labute approximate surface area is 104 Å². The van der Waals surface area contributed by atoms with Crippen LogP contribution in [0.3, 0.4) is 0 Å². The van der Waals surface area contributed by atoms with Gasteiger partial charge in [0.15, 0.2) is 0 Å². The highest BCUT2D eigenvalue weighted by molar-refractivity contribution is 5.82. The second-order valence-electron chi connectivity index (χ2n) is 4.62. The molecule has 0 aliphatic carbocycles. The first-order chi connectivity index (χ1) is 8.24. The summed E-state index contributed by atoms with van der Waals surface area (Å²) in [5, 5.41) is 0. The molecule has 2 unspecified atom stereocenters. The number of epoxide rings is 1. The minimum atomic E-state index is -0.249. The molecule has 0 saturated carbocycles. The molecule has 1 rings (SSSR count). The van der Waals surface area contributed by atoms with Crippen LogP contribution in [-0.4, -0.2) is 24.8 Å². The molecule has 0 aromatic rings. The predicted molar refractivity (Wildman–Crippen MR) is 67.8 cm³/mol. The second-order valence-corrected chi connectivity index (χ2v) is 4.62. The first kappa shape index (κ1) is 14.2. The molecule has 1 fully saturated rings. The highest BCUT2D eigenvalue weighted by Gasteiger charge is 2.31. The zero-order valence-corrected chi connectivity index (χ0v) is 11.0. The Morgan fingerprint density at radius 3 is 2.76 bits per heavy atom. The summed E-state index contributed by atoms with van der Waals surface area (Å²) in [6.07, 6.45) is 10.7. The van der Waals surface area contributed by atoms with Crippen molar-refractivity contribution >= 4 is 5.97 Å². The van der Waals surface area contributed by atoms with Gasteiger partial charge in [-0.3, -0.25) is 0 Å². The Balaban J connectivity index is 1.97. The molecule has 0 aromatic heterocycles. The van der Waals surface area contributed by atoms with E-state index in [0.29, 0.717) is 0 Å². The van der Waals surface area contributed by atoms with Crippen molar-refractivity contribution < 1.29 is 14.3 Å². The first-order valence-corrected chi connectivity index (χ1v) is 6.72. The van der Waals surface area contributed by atoms with Crippen LogP contribution in [0.1, 0.15) is 52.4 Å². The van der Waals surface area contributed by atoms with E-state index in [1.165, 1.54) is 25.7 Å². The van der Waals surface area contributed by atoms with Gasteiger partial charge in [0.2, 0.25) is 0 Å². The van der Waals surface area contributed by atoms with Crippen LogP contribution in [0.2, 0.25) is 0 Å². The van der Waals surface area contributed by atoms with Crippen molar-refractivity contribution in [2.45, 2.75) is 64.6 Å². The summed E-state index contributed by atoms with van der Waals surface area (Å²) in [4.78, 5) is 11.4. The largest absolute Gasteiger partial charge is 0.457 e. The monoisotopic (exact) mass is 240 g/mol. The van der Waals surface area contributed by atoms with E-state index >= 15 is 0 Å². The molecule has 0 aromatic carbocycles. The van der Waals surface area contributed by atoms with Crippen molar-refractivity contribution in [3.05, 3.63) is 12.2 Å². The van der Waals surface area contributed by atoms with Gasteiger partial charge in [-0.1, -0.05) is 38.7 Å². The number of ether oxygens (including phenoxy) is 2. The fourth-order valence-corrected chi connectivity index (χ4v) is 1.67.